The molecule has 0 atom stereocenters. The Balaban J connectivity index is 2.09. The number of hydrogen-bond donors (Lipinski definition) is 0. The molecule has 0 amide bonds. The van der Waals surface area contributed by atoms with E-state index in [0.29, 0.717) is 6.61 Å². The van der Waals surface area contributed by atoms with E-state index in [9.17, 15) is 10.1 Å². The number of aryl methyl sites for hydroxylation is 1. The number of benzene rings is 2. The van der Waals surface area contributed by atoms with E-state index in [0.717, 1.165) is 24.2 Å². The molecule has 104 valence electrons. The first kappa shape index (κ1) is 14.1. The number of nitro benzene ring substituents is 1. The summed E-state index contributed by atoms with van der Waals surface area (Å²) >= 11 is 0. The van der Waals surface area contributed by atoms with E-state index in [-0.39, 0.29) is 5.69 Å². The highest BCUT2D eigenvalue weighted by molar-refractivity contribution is 5.36. The lowest BCUT2D eigenvalue weighted by molar-refractivity contribution is -0.384. The molecule has 20 heavy (non-hydrogen) atoms. The number of rotatable bonds is 6. The van der Waals surface area contributed by atoms with Crippen molar-refractivity contribution in [2.24, 2.45) is 0 Å². The van der Waals surface area contributed by atoms with E-state index in [1.807, 2.05) is 30.3 Å². The van der Waals surface area contributed by atoms with Crippen LogP contribution < -0.4 is 4.74 Å². The lowest BCUT2D eigenvalue weighted by atomic mass is 10.1. The van der Waals surface area contributed by atoms with Crippen LogP contribution in [0.25, 0.3) is 0 Å². The normalized spacial score (nSPS) is 10.2. The number of para-hydroxylation sites is 1. The van der Waals surface area contributed by atoms with Crippen LogP contribution >= 0.6 is 0 Å². The predicted octanol–water partition coefficient (Wildman–Crippen LogP) is 4.13. The molecular weight excluding hydrogens is 254 g/mol. The Labute approximate surface area is 118 Å². The maximum atomic E-state index is 10.7. The van der Waals surface area contributed by atoms with E-state index in [2.05, 4.69) is 6.92 Å². The molecule has 0 bridgehead atoms. The van der Waals surface area contributed by atoms with Crippen LogP contribution in [-0.2, 0) is 13.0 Å². The molecule has 2 aromatic rings. The van der Waals surface area contributed by atoms with Gasteiger partial charge in [-0.05, 0) is 23.6 Å². The minimum Gasteiger partial charge on any atom is -0.489 e. The maximum Gasteiger partial charge on any atom is 0.269 e. The third-order valence-corrected chi connectivity index (χ3v) is 3.01. The van der Waals surface area contributed by atoms with E-state index < -0.39 is 4.92 Å². The summed E-state index contributed by atoms with van der Waals surface area (Å²) in [6, 6.07) is 14.4. The third-order valence-electron chi connectivity index (χ3n) is 3.01. The van der Waals surface area contributed by atoms with Gasteiger partial charge >= 0.3 is 0 Å². The number of non-ortho nitro benzene ring substituents is 1. The molecule has 0 radical (unpaired) electrons. The number of nitrogens with zero attached hydrogens (tertiary/aromatic N) is 1. The summed E-state index contributed by atoms with van der Waals surface area (Å²) < 4.78 is 5.79. The average Bonchev–Trinajstić information content (AvgIpc) is 2.47. The summed E-state index contributed by atoms with van der Waals surface area (Å²) in [5.74, 6) is 0.848. The van der Waals surface area contributed by atoms with Gasteiger partial charge in [0, 0.05) is 12.1 Å². The Morgan fingerprint density at radius 2 is 1.95 bits per heavy atom. The minimum atomic E-state index is -0.394. The van der Waals surface area contributed by atoms with Crippen molar-refractivity contribution < 1.29 is 9.66 Å². The number of ether oxygens (including phenoxy) is 1. The van der Waals surface area contributed by atoms with Crippen molar-refractivity contribution in [3.05, 3.63) is 69.8 Å². The topological polar surface area (TPSA) is 52.4 Å². The van der Waals surface area contributed by atoms with Crippen LogP contribution in [0.2, 0.25) is 0 Å². The summed E-state index contributed by atoms with van der Waals surface area (Å²) in [6.45, 7) is 2.46. The lowest BCUT2D eigenvalue weighted by Crippen LogP contribution is -1.99. The van der Waals surface area contributed by atoms with Crippen molar-refractivity contribution >= 4 is 5.69 Å². The molecule has 4 heteroatoms. The summed E-state index contributed by atoms with van der Waals surface area (Å²) in [5.41, 5.74) is 2.05. The third kappa shape index (κ3) is 3.57. The van der Waals surface area contributed by atoms with Crippen molar-refractivity contribution in [3.63, 3.8) is 0 Å². The maximum absolute atomic E-state index is 10.7. The fraction of sp³-hybridized carbons (Fsp3) is 0.250. The van der Waals surface area contributed by atoms with E-state index >= 15 is 0 Å². The van der Waals surface area contributed by atoms with Crippen LogP contribution in [0.1, 0.15) is 24.5 Å². The average molecular weight is 271 g/mol. The van der Waals surface area contributed by atoms with Crippen LogP contribution in [-0.4, -0.2) is 4.92 Å². The molecule has 4 nitrogen and oxygen atoms in total. The first-order chi connectivity index (χ1) is 9.70. The molecular formula is C16H17NO3. The second-order valence-corrected chi connectivity index (χ2v) is 4.57. The summed E-state index contributed by atoms with van der Waals surface area (Å²) in [5, 5.41) is 10.7. The zero-order chi connectivity index (χ0) is 14.4. The van der Waals surface area contributed by atoms with E-state index in [1.165, 1.54) is 11.6 Å². The van der Waals surface area contributed by atoms with Crippen LogP contribution in [0.5, 0.6) is 5.75 Å². The smallest absolute Gasteiger partial charge is 0.269 e. The standard InChI is InChI=1S/C16H17NO3/c1-2-6-14-8-3-4-10-16(14)20-12-13-7-5-9-15(11-13)17(18)19/h3-5,7-11H,2,6,12H2,1H3. The van der Waals surface area contributed by atoms with Crippen LogP contribution in [0.4, 0.5) is 5.69 Å². The Morgan fingerprint density at radius 3 is 2.70 bits per heavy atom. The van der Waals surface area contributed by atoms with Crippen LogP contribution in [0.3, 0.4) is 0 Å². The Morgan fingerprint density at radius 1 is 1.15 bits per heavy atom. The molecule has 0 unspecified atom stereocenters. The molecule has 0 heterocycles. The number of hydrogen-bond acceptors (Lipinski definition) is 3. The van der Waals surface area contributed by atoms with Crippen LogP contribution in [0, 0.1) is 10.1 Å². The SMILES string of the molecule is CCCc1ccccc1OCc1cccc([N+](=O)[O-])c1. The molecule has 0 aliphatic rings. The Bertz CT molecular complexity index is 596. The largest absolute Gasteiger partial charge is 0.489 e. The second kappa shape index (κ2) is 6.70. The monoisotopic (exact) mass is 271 g/mol. The van der Waals surface area contributed by atoms with Crippen molar-refractivity contribution in [2.75, 3.05) is 0 Å². The van der Waals surface area contributed by atoms with Gasteiger partial charge in [0.25, 0.3) is 5.69 Å². The van der Waals surface area contributed by atoms with Crippen molar-refractivity contribution in [3.8, 4) is 5.75 Å². The first-order valence-corrected chi connectivity index (χ1v) is 6.64. The van der Waals surface area contributed by atoms with Gasteiger partial charge in [-0.1, -0.05) is 43.7 Å². The molecule has 2 rings (SSSR count). The predicted molar refractivity (Wildman–Crippen MR) is 77.9 cm³/mol. The van der Waals surface area contributed by atoms with E-state index in [1.54, 1.807) is 12.1 Å². The summed E-state index contributed by atoms with van der Waals surface area (Å²) in [4.78, 5) is 10.3. The zero-order valence-corrected chi connectivity index (χ0v) is 11.4. The van der Waals surface area contributed by atoms with Crippen LogP contribution in [0.15, 0.2) is 48.5 Å². The van der Waals surface area contributed by atoms with Crippen molar-refractivity contribution in [2.45, 2.75) is 26.4 Å². The first-order valence-electron chi connectivity index (χ1n) is 6.64. The lowest BCUT2D eigenvalue weighted by Gasteiger charge is -2.10. The summed E-state index contributed by atoms with van der Waals surface area (Å²) in [6.07, 6.45) is 2.02. The van der Waals surface area contributed by atoms with Gasteiger partial charge in [0.05, 0.1) is 4.92 Å². The van der Waals surface area contributed by atoms with Gasteiger partial charge in [0.2, 0.25) is 0 Å². The highest BCUT2D eigenvalue weighted by Crippen LogP contribution is 2.21. The fourth-order valence-corrected chi connectivity index (χ4v) is 2.04. The Kier molecular flexibility index (Phi) is 4.71. The molecule has 0 aliphatic carbocycles. The van der Waals surface area contributed by atoms with Gasteiger partial charge in [-0.2, -0.15) is 0 Å². The number of nitro groups is 1. The van der Waals surface area contributed by atoms with Gasteiger partial charge in [0.15, 0.2) is 0 Å². The highest BCUT2D eigenvalue weighted by atomic mass is 16.6. The fourth-order valence-electron chi connectivity index (χ4n) is 2.04. The van der Waals surface area contributed by atoms with Gasteiger partial charge in [0.1, 0.15) is 12.4 Å². The molecule has 2 aromatic carbocycles. The zero-order valence-electron chi connectivity index (χ0n) is 11.4. The Hall–Kier alpha value is -2.36. The molecule has 0 saturated carbocycles. The van der Waals surface area contributed by atoms with E-state index in [4.69, 9.17) is 4.74 Å². The van der Waals surface area contributed by atoms with Gasteiger partial charge in [-0.15, -0.1) is 0 Å². The summed E-state index contributed by atoms with van der Waals surface area (Å²) in [7, 11) is 0. The quantitative estimate of drug-likeness (QED) is 0.586. The molecule has 0 saturated heterocycles. The molecule has 0 aromatic heterocycles. The highest BCUT2D eigenvalue weighted by Gasteiger charge is 2.07. The van der Waals surface area contributed by atoms with Gasteiger partial charge in [-0.25, -0.2) is 0 Å². The minimum absolute atomic E-state index is 0.0907. The molecule has 0 aliphatic heterocycles. The van der Waals surface area contributed by atoms with Crippen molar-refractivity contribution in [1.82, 2.24) is 0 Å². The molecule has 0 spiro atoms. The van der Waals surface area contributed by atoms with Gasteiger partial charge in [-0.3, -0.25) is 10.1 Å². The van der Waals surface area contributed by atoms with Crippen molar-refractivity contribution in [1.29, 1.82) is 0 Å². The second-order valence-electron chi connectivity index (χ2n) is 4.57. The van der Waals surface area contributed by atoms with Gasteiger partial charge < -0.3 is 4.74 Å². The molecule has 0 fully saturated rings. The molecule has 0 N–H and O–H groups in total.